The third kappa shape index (κ3) is 3.33. The highest BCUT2D eigenvalue weighted by Crippen LogP contribution is 2.52. The van der Waals surface area contributed by atoms with Crippen LogP contribution in [0.3, 0.4) is 0 Å². The standard InChI is InChI=1S/C12H21N.C2H4/c1-5-12(6-2)7-11(8-12)10(3)9-13-4;1-2/h9,11H,3,5-8H2,1-2,4H3;1-2H2. The first-order valence-electron chi connectivity index (χ1n) is 5.78. The predicted octanol–water partition coefficient (Wildman–Crippen LogP) is 4.26. The smallest absolute Gasteiger partial charge is 0.0277 e. The first-order chi connectivity index (χ1) is 7.17. The van der Waals surface area contributed by atoms with Crippen molar-refractivity contribution in [1.82, 2.24) is 0 Å². The van der Waals surface area contributed by atoms with E-state index in [2.05, 4.69) is 38.6 Å². The Morgan fingerprint density at radius 3 is 2.13 bits per heavy atom. The molecule has 1 aliphatic carbocycles. The second-order valence-electron chi connectivity index (χ2n) is 4.27. The Kier molecular flexibility index (Phi) is 6.23. The number of aliphatic imine (C=N–C) groups is 1. The van der Waals surface area contributed by atoms with Crippen molar-refractivity contribution < 1.29 is 0 Å². The van der Waals surface area contributed by atoms with Gasteiger partial charge in [0, 0.05) is 13.3 Å². The zero-order valence-corrected chi connectivity index (χ0v) is 10.6. The van der Waals surface area contributed by atoms with Crippen LogP contribution in [-0.2, 0) is 0 Å². The van der Waals surface area contributed by atoms with Crippen molar-refractivity contribution >= 4 is 6.21 Å². The number of hydrogen-bond donors (Lipinski definition) is 0. The Hall–Kier alpha value is -0.850. The van der Waals surface area contributed by atoms with Gasteiger partial charge in [-0.15, -0.1) is 13.2 Å². The highest BCUT2D eigenvalue weighted by Gasteiger charge is 2.41. The predicted molar refractivity (Wildman–Crippen MR) is 70.5 cm³/mol. The Morgan fingerprint density at radius 1 is 1.33 bits per heavy atom. The van der Waals surface area contributed by atoms with E-state index in [1.807, 2.05) is 13.3 Å². The molecule has 0 bridgehead atoms. The summed E-state index contributed by atoms with van der Waals surface area (Å²) in [6, 6.07) is 0. The van der Waals surface area contributed by atoms with Crippen LogP contribution in [0.1, 0.15) is 39.5 Å². The van der Waals surface area contributed by atoms with Gasteiger partial charge in [0.15, 0.2) is 0 Å². The molecule has 0 spiro atoms. The topological polar surface area (TPSA) is 12.4 Å². The van der Waals surface area contributed by atoms with Crippen LogP contribution in [0.5, 0.6) is 0 Å². The fraction of sp³-hybridized carbons (Fsp3) is 0.643. The molecule has 86 valence electrons. The van der Waals surface area contributed by atoms with Gasteiger partial charge < -0.3 is 0 Å². The van der Waals surface area contributed by atoms with Gasteiger partial charge in [-0.25, -0.2) is 0 Å². The summed E-state index contributed by atoms with van der Waals surface area (Å²) in [7, 11) is 1.82. The van der Waals surface area contributed by atoms with Crippen LogP contribution in [0, 0.1) is 11.3 Å². The van der Waals surface area contributed by atoms with E-state index < -0.39 is 0 Å². The van der Waals surface area contributed by atoms with E-state index in [4.69, 9.17) is 0 Å². The molecule has 0 heterocycles. The summed E-state index contributed by atoms with van der Waals surface area (Å²) >= 11 is 0. The van der Waals surface area contributed by atoms with Crippen molar-refractivity contribution in [3.63, 3.8) is 0 Å². The van der Waals surface area contributed by atoms with Gasteiger partial charge in [0.25, 0.3) is 0 Å². The number of allylic oxidation sites excluding steroid dienone is 1. The van der Waals surface area contributed by atoms with Gasteiger partial charge >= 0.3 is 0 Å². The minimum atomic E-state index is 0.634. The zero-order valence-electron chi connectivity index (χ0n) is 10.6. The minimum Gasteiger partial charge on any atom is -0.296 e. The quantitative estimate of drug-likeness (QED) is 0.482. The van der Waals surface area contributed by atoms with E-state index >= 15 is 0 Å². The summed E-state index contributed by atoms with van der Waals surface area (Å²) in [6.07, 6.45) is 7.20. The monoisotopic (exact) mass is 207 g/mol. The molecule has 1 saturated carbocycles. The normalized spacial score (nSPS) is 19.1. The number of hydrogen-bond acceptors (Lipinski definition) is 1. The number of nitrogens with zero attached hydrogens (tertiary/aromatic N) is 1. The molecule has 0 atom stereocenters. The maximum absolute atomic E-state index is 4.05. The zero-order chi connectivity index (χ0) is 11.9. The van der Waals surface area contributed by atoms with E-state index in [9.17, 15) is 0 Å². The van der Waals surface area contributed by atoms with Gasteiger partial charge in [-0.2, -0.15) is 0 Å². The molecule has 0 unspecified atom stereocenters. The average molecular weight is 207 g/mol. The van der Waals surface area contributed by atoms with E-state index in [-0.39, 0.29) is 0 Å². The summed E-state index contributed by atoms with van der Waals surface area (Å²) in [5, 5.41) is 0. The molecule has 1 aliphatic rings. The maximum atomic E-state index is 4.05. The van der Waals surface area contributed by atoms with Crippen LogP contribution in [0.2, 0.25) is 0 Å². The highest BCUT2D eigenvalue weighted by molar-refractivity contribution is 5.78. The van der Waals surface area contributed by atoms with Gasteiger partial charge in [0.2, 0.25) is 0 Å². The van der Waals surface area contributed by atoms with Gasteiger partial charge in [0.05, 0.1) is 0 Å². The van der Waals surface area contributed by atoms with Crippen molar-refractivity contribution in [2.45, 2.75) is 39.5 Å². The van der Waals surface area contributed by atoms with Crippen LogP contribution in [0.15, 0.2) is 30.3 Å². The summed E-state index contributed by atoms with van der Waals surface area (Å²) in [5.74, 6) is 0.712. The van der Waals surface area contributed by atoms with Gasteiger partial charge in [-0.1, -0.05) is 33.3 Å². The van der Waals surface area contributed by atoms with E-state index in [1.165, 1.54) is 31.3 Å². The van der Waals surface area contributed by atoms with Crippen molar-refractivity contribution in [2.75, 3.05) is 7.05 Å². The Morgan fingerprint density at radius 2 is 1.80 bits per heavy atom. The van der Waals surface area contributed by atoms with Crippen molar-refractivity contribution in [2.24, 2.45) is 16.3 Å². The molecule has 0 radical (unpaired) electrons. The lowest BCUT2D eigenvalue weighted by Crippen LogP contribution is -2.37. The number of rotatable bonds is 4. The molecule has 1 fully saturated rings. The van der Waals surface area contributed by atoms with Crippen molar-refractivity contribution in [1.29, 1.82) is 0 Å². The van der Waals surface area contributed by atoms with E-state index in [0.29, 0.717) is 11.3 Å². The lowest BCUT2D eigenvalue weighted by atomic mass is 9.57. The second-order valence-corrected chi connectivity index (χ2v) is 4.27. The summed E-state index contributed by atoms with van der Waals surface area (Å²) in [4.78, 5) is 4.01. The summed E-state index contributed by atoms with van der Waals surface area (Å²) in [5.41, 5.74) is 1.86. The third-order valence-electron chi connectivity index (χ3n) is 3.68. The van der Waals surface area contributed by atoms with Crippen molar-refractivity contribution in [3.8, 4) is 0 Å². The van der Waals surface area contributed by atoms with Crippen LogP contribution in [-0.4, -0.2) is 13.3 Å². The minimum absolute atomic E-state index is 0.634. The lowest BCUT2D eigenvalue weighted by molar-refractivity contribution is 0.0703. The molecule has 15 heavy (non-hydrogen) atoms. The fourth-order valence-electron chi connectivity index (χ4n) is 2.35. The molecule has 0 aromatic heterocycles. The van der Waals surface area contributed by atoms with Crippen LogP contribution < -0.4 is 0 Å². The maximum Gasteiger partial charge on any atom is 0.0277 e. The first kappa shape index (κ1) is 14.2. The molecular weight excluding hydrogens is 182 g/mol. The van der Waals surface area contributed by atoms with Crippen LogP contribution in [0.4, 0.5) is 0 Å². The second kappa shape index (κ2) is 6.60. The molecule has 1 heteroatoms. The largest absolute Gasteiger partial charge is 0.296 e. The average Bonchev–Trinajstić information content (AvgIpc) is 2.21. The van der Waals surface area contributed by atoms with E-state index in [1.54, 1.807) is 0 Å². The Bertz CT molecular complexity index is 215. The van der Waals surface area contributed by atoms with Crippen LogP contribution in [0.25, 0.3) is 0 Å². The third-order valence-corrected chi connectivity index (χ3v) is 3.68. The molecule has 0 saturated heterocycles. The van der Waals surface area contributed by atoms with Gasteiger partial charge in [-0.05, 0) is 29.7 Å². The first-order valence-corrected chi connectivity index (χ1v) is 5.78. The Labute approximate surface area is 95.0 Å². The highest BCUT2D eigenvalue weighted by atomic mass is 14.6. The van der Waals surface area contributed by atoms with E-state index in [0.717, 1.165) is 0 Å². The summed E-state index contributed by atoms with van der Waals surface area (Å²) < 4.78 is 0. The molecule has 0 aliphatic heterocycles. The van der Waals surface area contributed by atoms with Gasteiger partial charge in [-0.3, -0.25) is 4.99 Å². The summed E-state index contributed by atoms with van der Waals surface area (Å²) in [6.45, 7) is 14.7. The lowest BCUT2D eigenvalue weighted by Gasteiger charge is -2.47. The van der Waals surface area contributed by atoms with Gasteiger partial charge in [0.1, 0.15) is 0 Å². The molecule has 0 amide bonds. The van der Waals surface area contributed by atoms with Crippen molar-refractivity contribution in [3.05, 3.63) is 25.3 Å². The molecule has 0 aromatic carbocycles. The van der Waals surface area contributed by atoms with Crippen LogP contribution >= 0.6 is 0 Å². The SMILES string of the molecule is C=C.C=C(C=NC)C1CC(CC)(CC)C1. The fourth-order valence-corrected chi connectivity index (χ4v) is 2.35. The molecular formula is C14H25N. The molecule has 1 nitrogen and oxygen atoms in total. The molecule has 1 rings (SSSR count). The molecule has 0 N–H and O–H groups in total. The molecule has 0 aromatic rings. The Balaban J connectivity index is 0.000000921.